The molecule has 2 rings (SSSR count). The monoisotopic (exact) mass is 452 g/mol. The highest BCUT2D eigenvalue weighted by Gasteiger charge is 2.20. The molecule has 0 fully saturated rings. The molecule has 0 aromatic carbocycles. The van der Waals surface area contributed by atoms with Gasteiger partial charge in [0.2, 0.25) is 5.88 Å². The second kappa shape index (κ2) is 12.3. The van der Waals surface area contributed by atoms with E-state index in [1.807, 2.05) is 13.2 Å². The highest BCUT2D eigenvalue weighted by atomic mass is 32.2. The van der Waals surface area contributed by atoms with Gasteiger partial charge < -0.3 is 31.6 Å². The Morgan fingerprint density at radius 1 is 1.32 bits per heavy atom. The molecule has 0 bridgehead atoms. The van der Waals surface area contributed by atoms with E-state index in [2.05, 4.69) is 20.6 Å². The minimum absolute atomic E-state index is 0.0125. The molecule has 11 heteroatoms. The zero-order valence-corrected chi connectivity index (χ0v) is 18.7. The summed E-state index contributed by atoms with van der Waals surface area (Å²) < 4.78 is 25.1. The predicted octanol–water partition coefficient (Wildman–Crippen LogP) is 2.36. The Morgan fingerprint density at radius 2 is 2.10 bits per heavy atom. The second-order valence-electron chi connectivity index (χ2n) is 6.82. The number of nitrogens with zero attached hydrogens (tertiary/aromatic N) is 2. The Kier molecular flexibility index (Phi) is 9.76. The molecular formula is C20H29FN6O3S. The van der Waals surface area contributed by atoms with Crippen molar-refractivity contribution in [2.24, 2.45) is 11.5 Å². The first-order valence-electron chi connectivity index (χ1n) is 9.72. The molecule has 2 aromatic heterocycles. The van der Waals surface area contributed by atoms with Crippen LogP contribution in [-0.2, 0) is 4.74 Å². The molecule has 2 atom stereocenters. The molecule has 31 heavy (non-hydrogen) atoms. The summed E-state index contributed by atoms with van der Waals surface area (Å²) in [5.41, 5.74) is 11.9. The van der Waals surface area contributed by atoms with Crippen molar-refractivity contribution in [2.45, 2.75) is 25.4 Å². The number of nitrogens with one attached hydrogen (secondary N) is 2. The molecule has 0 radical (unpaired) electrons. The number of ether oxygens (including phenoxy) is 2. The van der Waals surface area contributed by atoms with Crippen LogP contribution in [0.4, 0.5) is 21.7 Å². The van der Waals surface area contributed by atoms with Crippen LogP contribution in [0.5, 0.6) is 5.88 Å². The molecule has 0 saturated heterocycles. The van der Waals surface area contributed by atoms with Crippen molar-refractivity contribution >= 4 is 35.0 Å². The van der Waals surface area contributed by atoms with Crippen molar-refractivity contribution in [3.05, 3.63) is 35.8 Å². The lowest BCUT2D eigenvalue weighted by Crippen LogP contribution is -2.39. The van der Waals surface area contributed by atoms with Gasteiger partial charge in [-0.1, -0.05) is 0 Å². The summed E-state index contributed by atoms with van der Waals surface area (Å²) in [4.78, 5) is 20.3. The number of hydrogen-bond acceptors (Lipinski definition) is 9. The van der Waals surface area contributed by atoms with Crippen molar-refractivity contribution < 1.29 is 18.7 Å². The maximum absolute atomic E-state index is 14.7. The average Bonchev–Trinajstić information content (AvgIpc) is 2.73. The predicted molar refractivity (Wildman–Crippen MR) is 122 cm³/mol. The van der Waals surface area contributed by atoms with Crippen LogP contribution in [0.1, 0.15) is 23.7 Å². The number of amides is 1. The van der Waals surface area contributed by atoms with Crippen molar-refractivity contribution in [3.8, 4) is 5.88 Å². The van der Waals surface area contributed by atoms with Crippen LogP contribution in [0.15, 0.2) is 24.4 Å². The van der Waals surface area contributed by atoms with E-state index in [0.29, 0.717) is 24.8 Å². The number of thioether (sulfide) groups is 1. The highest BCUT2D eigenvalue weighted by Crippen LogP contribution is 2.26. The third-order valence-electron chi connectivity index (χ3n) is 4.37. The van der Waals surface area contributed by atoms with Gasteiger partial charge >= 0.3 is 0 Å². The molecule has 0 aliphatic heterocycles. The van der Waals surface area contributed by atoms with Crippen LogP contribution in [0.25, 0.3) is 0 Å². The van der Waals surface area contributed by atoms with E-state index < -0.39 is 11.7 Å². The summed E-state index contributed by atoms with van der Waals surface area (Å²) in [6.45, 7) is 2.59. The molecule has 2 heterocycles. The topological polar surface area (TPSA) is 137 Å². The quantitative estimate of drug-likeness (QED) is 0.337. The van der Waals surface area contributed by atoms with Crippen molar-refractivity contribution in [1.82, 2.24) is 9.97 Å². The molecule has 0 saturated carbocycles. The number of primary amides is 1. The largest absolute Gasteiger partial charge is 0.475 e. The van der Waals surface area contributed by atoms with Gasteiger partial charge in [-0.3, -0.25) is 4.79 Å². The second-order valence-corrected chi connectivity index (χ2v) is 7.81. The summed E-state index contributed by atoms with van der Waals surface area (Å²) in [5, 5.41) is 6.04. The number of pyridine rings is 2. The molecule has 1 amide bonds. The number of carbonyl (C=O) groups is 1. The average molecular weight is 453 g/mol. The molecule has 9 nitrogen and oxygen atoms in total. The maximum Gasteiger partial charge on any atom is 0.252 e. The lowest BCUT2D eigenvalue weighted by Gasteiger charge is -2.23. The first kappa shape index (κ1) is 24.6. The van der Waals surface area contributed by atoms with Crippen LogP contribution in [0.2, 0.25) is 0 Å². The van der Waals surface area contributed by atoms with E-state index in [9.17, 15) is 9.18 Å². The molecule has 2 aromatic rings. The minimum atomic E-state index is -0.808. The van der Waals surface area contributed by atoms with E-state index in [-0.39, 0.29) is 29.3 Å². The standard InChI is InChI=1S/C20H29FN6O3S/c1-12(22)16(5-9-31-3)26-20-15(21)11-14(18(23)28)19(27-20)25-13-4-6-24-17(10-13)30-8-7-29-2/h4,6,10-12,16H,5,7-9,22H2,1-3H3,(H2,23,28)(H2,24,25,26,27)/t12-,16+/m0/s1. The van der Waals surface area contributed by atoms with Crippen molar-refractivity contribution in [1.29, 1.82) is 0 Å². The number of carbonyl (C=O) groups excluding carboxylic acids is 1. The van der Waals surface area contributed by atoms with Crippen LogP contribution < -0.4 is 26.8 Å². The van der Waals surface area contributed by atoms with Crippen LogP contribution >= 0.6 is 11.8 Å². The van der Waals surface area contributed by atoms with E-state index in [0.717, 1.165) is 18.2 Å². The number of methoxy groups -OCH3 is 1. The zero-order valence-electron chi connectivity index (χ0n) is 17.9. The molecule has 6 N–H and O–H groups in total. The van der Waals surface area contributed by atoms with Crippen molar-refractivity contribution in [3.63, 3.8) is 0 Å². The number of nitrogens with two attached hydrogens (primary N) is 2. The van der Waals surface area contributed by atoms with Gasteiger partial charge in [0.1, 0.15) is 12.4 Å². The fourth-order valence-corrected chi connectivity index (χ4v) is 3.18. The summed E-state index contributed by atoms with van der Waals surface area (Å²) >= 11 is 1.67. The van der Waals surface area contributed by atoms with E-state index in [1.165, 1.54) is 6.20 Å². The summed E-state index contributed by atoms with van der Waals surface area (Å²) in [6.07, 6.45) is 4.25. The van der Waals surface area contributed by atoms with Gasteiger partial charge in [-0.2, -0.15) is 11.8 Å². The summed E-state index contributed by atoms with van der Waals surface area (Å²) in [5.74, 6) is -0.184. The Morgan fingerprint density at radius 3 is 2.74 bits per heavy atom. The first-order chi connectivity index (χ1) is 14.8. The van der Waals surface area contributed by atoms with Gasteiger partial charge in [0.05, 0.1) is 12.2 Å². The van der Waals surface area contributed by atoms with Gasteiger partial charge in [-0.25, -0.2) is 14.4 Å². The molecule has 0 unspecified atom stereocenters. The Bertz CT molecular complexity index is 871. The van der Waals surface area contributed by atoms with Crippen LogP contribution in [0, 0.1) is 5.82 Å². The zero-order chi connectivity index (χ0) is 22.8. The first-order valence-corrected chi connectivity index (χ1v) is 11.1. The van der Waals surface area contributed by atoms with Crippen LogP contribution in [-0.4, -0.2) is 60.3 Å². The molecule has 0 aliphatic carbocycles. The fraction of sp³-hybridized carbons (Fsp3) is 0.450. The Labute approximate surface area is 185 Å². The lowest BCUT2D eigenvalue weighted by molar-refractivity contribution is 0.100. The highest BCUT2D eigenvalue weighted by molar-refractivity contribution is 7.98. The Balaban J connectivity index is 2.30. The third-order valence-corrected chi connectivity index (χ3v) is 5.01. The smallest absolute Gasteiger partial charge is 0.252 e. The van der Waals surface area contributed by atoms with E-state index in [1.54, 1.807) is 31.0 Å². The van der Waals surface area contributed by atoms with E-state index >= 15 is 0 Å². The van der Waals surface area contributed by atoms with E-state index in [4.69, 9.17) is 20.9 Å². The van der Waals surface area contributed by atoms with Gasteiger partial charge in [0.25, 0.3) is 5.91 Å². The molecular weight excluding hydrogens is 423 g/mol. The number of hydrogen-bond donors (Lipinski definition) is 4. The fourth-order valence-electron chi connectivity index (χ4n) is 2.69. The lowest BCUT2D eigenvalue weighted by atomic mass is 10.1. The normalized spacial score (nSPS) is 12.8. The summed E-state index contributed by atoms with van der Waals surface area (Å²) in [6, 6.07) is 3.93. The third kappa shape index (κ3) is 7.53. The number of halogens is 1. The van der Waals surface area contributed by atoms with Crippen LogP contribution in [0.3, 0.4) is 0 Å². The van der Waals surface area contributed by atoms with Gasteiger partial charge in [0, 0.05) is 37.1 Å². The number of anilines is 3. The van der Waals surface area contributed by atoms with Gasteiger partial charge in [-0.15, -0.1) is 0 Å². The van der Waals surface area contributed by atoms with Gasteiger partial charge in [0.15, 0.2) is 11.6 Å². The summed E-state index contributed by atoms with van der Waals surface area (Å²) in [7, 11) is 1.57. The molecule has 0 aliphatic rings. The number of rotatable bonds is 13. The Hall–Kier alpha value is -2.63. The number of aromatic nitrogens is 2. The maximum atomic E-state index is 14.7. The van der Waals surface area contributed by atoms with Gasteiger partial charge in [-0.05, 0) is 37.5 Å². The van der Waals surface area contributed by atoms with Crippen molar-refractivity contribution in [2.75, 3.05) is 43.0 Å². The minimum Gasteiger partial charge on any atom is -0.475 e. The SMILES string of the molecule is COCCOc1cc(Nc2nc(N[C@H](CCSC)[C@H](C)N)c(F)cc2C(N)=O)ccn1. The molecule has 0 spiro atoms. The molecule has 170 valence electrons.